The predicted molar refractivity (Wildman–Crippen MR) is 30.6 cm³/mol. The zero-order chi connectivity index (χ0) is 4.28. The maximum Gasteiger partial charge on any atom is 3.00 e. The Balaban J connectivity index is -0.0000000800. The van der Waals surface area contributed by atoms with E-state index in [2.05, 4.69) is 22.9 Å². The summed E-state index contributed by atoms with van der Waals surface area (Å²) in [5, 5.41) is 0.368. The Bertz CT molecular complexity index is 47.0. The van der Waals surface area contributed by atoms with Gasteiger partial charge in [-0.05, 0) is 0 Å². The summed E-state index contributed by atoms with van der Waals surface area (Å²) in [6.07, 6.45) is 0. The van der Waals surface area contributed by atoms with Gasteiger partial charge in [-0.3, -0.25) is 0 Å². The minimum absolute atomic E-state index is 0. The third kappa shape index (κ3) is 19.2. The van der Waals surface area contributed by atoms with Crippen molar-refractivity contribution >= 4 is 21.7 Å². The fraction of sp³-hybridized carbons (Fsp3) is 0.250. The van der Waals surface area contributed by atoms with Crippen molar-refractivity contribution in [3.63, 3.8) is 0 Å². The van der Waals surface area contributed by atoms with Gasteiger partial charge in [0, 0.05) is 11.1 Å². The van der Waals surface area contributed by atoms with Crippen molar-refractivity contribution in [1.29, 1.82) is 0 Å². The third-order valence-electron chi connectivity index (χ3n) is 0.149. The van der Waals surface area contributed by atoms with E-state index in [0.29, 0.717) is 5.33 Å². The van der Waals surface area contributed by atoms with Gasteiger partial charge in [0.2, 0.25) is 0 Å². The van der Waals surface area contributed by atoms with Crippen LogP contribution in [0.5, 0.6) is 0 Å². The Morgan fingerprint density at radius 2 is 1.86 bits per heavy atom. The minimum Gasteiger partial charge on any atom is -0.358 e. The number of halogens is 1. The van der Waals surface area contributed by atoms with Crippen molar-refractivity contribution in [2.75, 3.05) is 5.33 Å². The molecule has 0 atom stereocenters. The Morgan fingerprint density at radius 3 is 1.86 bits per heavy atom. The quantitative estimate of drug-likeness (QED) is 0.497. The molecule has 7 heavy (non-hydrogen) atoms. The smallest absolute Gasteiger partial charge is 0.358 e. The standard InChI is InChI=1S/C3H4BrO.CH3.Y/c1-3(5)2-4;;/h1-2H2;1H3;/q2*-1;+3. The van der Waals surface area contributed by atoms with Crippen LogP contribution in [0.2, 0.25) is 0 Å². The molecule has 0 aliphatic carbocycles. The van der Waals surface area contributed by atoms with Gasteiger partial charge >= 0.3 is 32.7 Å². The van der Waals surface area contributed by atoms with Gasteiger partial charge in [-0.1, -0.05) is 15.9 Å². The summed E-state index contributed by atoms with van der Waals surface area (Å²) in [7, 11) is 0. The summed E-state index contributed by atoms with van der Waals surface area (Å²) in [6, 6.07) is 0. The molecule has 0 aromatic carbocycles. The van der Waals surface area contributed by atoms with Crippen molar-refractivity contribution in [2.24, 2.45) is 0 Å². The second kappa shape index (κ2) is 10.2. The second-order valence-corrected chi connectivity index (χ2v) is 1.23. The van der Waals surface area contributed by atoms with E-state index in [0.717, 1.165) is 0 Å². The van der Waals surface area contributed by atoms with Crippen molar-refractivity contribution in [2.45, 2.75) is 0 Å². The van der Waals surface area contributed by atoms with E-state index < -0.39 is 0 Å². The topological polar surface area (TPSA) is 17.1 Å². The molecule has 1 nitrogen and oxygen atoms in total. The van der Waals surface area contributed by atoms with Gasteiger partial charge < -0.3 is 19.1 Å². The molecule has 0 N–H and O–H groups in total. The number of carbonyl (C=O) groups is 1. The average molecular weight is 240 g/mol. The van der Waals surface area contributed by atoms with Crippen LogP contribution in [-0.4, -0.2) is 11.1 Å². The number of ketones is 1. The molecule has 0 radical (unpaired) electrons. The number of hydrogen-bond acceptors (Lipinski definition) is 1. The van der Waals surface area contributed by atoms with Crippen LogP contribution >= 0.6 is 15.9 Å². The van der Waals surface area contributed by atoms with E-state index >= 15 is 0 Å². The van der Waals surface area contributed by atoms with Crippen LogP contribution in [0.25, 0.3) is 0 Å². The van der Waals surface area contributed by atoms with Gasteiger partial charge in [-0.25, -0.2) is 0 Å². The molecule has 0 heterocycles. The number of carbonyl (C=O) groups excluding carboxylic acids is 1. The molecule has 3 heteroatoms. The molecular weight excluding hydrogens is 233 g/mol. The van der Waals surface area contributed by atoms with E-state index in [-0.39, 0.29) is 45.9 Å². The minimum atomic E-state index is -0.0787. The van der Waals surface area contributed by atoms with Crippen molar-refractivity contribution in [1.82, 2.24) is 0 Å². The Kier molecular flexibility index (Phi) is 22.8. The van der Waals surface area contributed by atoms with E-state index in [4.69, 9.17) is 0 Å². The Hall–Kier alpha value is 1.12. The molecule has 38 valence electrons. The molecule has 0 aromatic heterocycles. The van der Waals surface area contributed by atoms with Gasteiger partial charge in [0.15, 0.2) is 0 Å². The maximum absolute atomic E-state index is 9.65. The van der Waals surface area contributed by atoms with Crippen molar-refractivity contribution in [3.8, 4) is 0 Å². The SMILES string of the molecule is [CH2-]C(=O)CBr.[CH3-].[Y+3]. The van der Waals surface area contributed by atoms with Crippen LogP contribution in [0.4, 0.5) is 0 Å². The van der Waals surface area contributed by atoms with Crippen LogP contribution in [-0.2, 0) is 37.5 Å². The molecule has 0 rings (SSSR count). The molecule has 0 saturated carbocycles. The normalized spacial score (nSPS) is 5.29. The summed E-state index contributed by atoms with van der Waals surface area (Å²) in [4.78, 5) is 9.65. The summed E-state index contributed by atoms with van der Waals surface area (Å²) in [6.45, 7) is 3.07. The summed E-state index contributed by atoms with van der Waals surface area (Å²) in [5.74, 6) is -0.0787. The first-order valence-electron chi connectivity index (χ1n) is 1.18. The molecule has 0 saturated heterocycles. The first-order valence-corrected chi connectivity index (χ1v) is 2.30. The van der Waals surface area contributed by atoms with Crippen LogP contribution in [0, 0.1) is 14.4 Å². The van der Waals surface area contributed by atoms with Crippen molar-refractivity contribution < 1.29 is 37.5 Å². The number of rotatable bonds is 1. The van der Waals surface area contributed by atoms with Gasteiger partial charge in [0.25, 0.3) is 0 Å². The van der Waals surface area contributed by atoms with Gasteiger partial charge in [-0.2, -0.15) is 0 Å². The predicted octanol–water partition coefficient (Wildman–Crippen LogP) is 1.23. The second-order valence-electron chi connectivity index (χ2n) is 0.672. The zero-order valence-corrected chi connectivity index (χ0v) is 8.70. The molecule has 0 bridgehead atoms. The largest absolute Gasteiger partial charge is 3.00 e. The number of Topliss-reactive ketones (excluding diaryl/α,β-unsaturated/α-hetero) is 1. The fourth-order valence-corrected chi connectivity index (χ4v) is 0. The van der Waals surface area contributed by atoms with E-state index in [9.17, 15) is 4.79 Å². The van der Waals surface area contributed by atoms with Gasteiger partial charge in [0.1, 0.15) is 0 Å². The zero-order valence-electron chi connectivity index (χ0n) is 4.28. The first-order chi connectivity index (χ1) is 2.27. The maximum atomic E-state index is 9.65. The Labute approximate surface area is 78.3 Å². The summed E-state index contributed by atoms with van der Waals surface area (Å²) < 4.78 is 0. The molecule has 0 aromatic rings. The van der Waals surface area contributed by atoms with Crippen LogP contribution < -0.4 is 0 Å². The van der Waals surface area contributed by atoms with E-state index in [1.54, 1.807) is 0 Å². The van der Waals surface area contributed by atoms with Gasteiger partial charge in [0.05, 0.1) is 0 Å². The molecule has 0 spiro atoms. The molecule has 0 fully saturated rings. The monoisotopic (exact) mass is 239 g/mol. The number of alkyl halides is 1. The average Bonchev–Trinajstić information content (AvgIpc) is 1.38. The molecule has 0 aliphatic rings. The van der Waals surface area contributed by atoms with E-state index in [1.807, 2.05) is 0 Å². The molecule has 0 amide bonds. The molecular formula is C4H7BrOY+. The van der Waals surface area contributed by atoms with Gasteiger partial charge in [-0.15, -0.1) is 0 Å². The summed E-state index contributed by atoms with van der Waals surface area (Å²) in [5.41, 5.74) is 0. The van der Waals surface area contributed by atoms with Crippen LogP contribution in [0.3, 0.4) is 0 Å². The van der Waals surface area contributed by atoms with Crippen LogP contribution in [0.1, 0.15) is 0 Å². The summed E-state index contributed by atoms with van der Waals surface area (Å²) >= 11 is 2.90. The van der Waals surface area contributed by atoms with Crippen molar-refractivity contribution in [3.05, 3.63) is 14.4 Å². The Morgan fingerprint density at radius 1 is 1.71 bits per heavy atom. The molecule has 0 unspecified atom stereocenters. The number of hydrogen-bond donors (Lipinski definition) is 0. The van der Waals surface area contributed by atoms with Crippen LogP contribution in [0.15, 0.2) is 0 Å². The fourth-order valence-electron chi connectivity index (χ4n) is 0. The molecule has 0 aliphatic heterocycles. The third-order valence-corrected chi connectivity index (χ3v) is 0.774. The van der Waals surface area contributed by atoms with E-state index in [1.165, 1.54) is 0 Å². The first kappa shape index (κ1) is 15.7.